The molecule has 0 unspecified atom stereocenters. The zero-order valence-electron chi connectivity index (χ0n) is 18.4. The molecule has 1 aliphatic heterocycles. The fourth-order valence-corrected chi connectivity index (χ4v) is 5.09. The van der Waals surface area contributed by atoms with Gasteiger partial charge in [0.1, 0.15) is 5.69 Å². The van der Waals surface area contributed by atoms with Gasteiger partial charge >= 0.3 is 0 Å². The molecule has 2 aliphatic rings. The molecule has 34 heavy (non-hydrogen) atoms. The van der Waals surface area contributed by atoms with Gasteiger partial charge in [0.2, 0.25) is 5.95 Å². The van der Waals surface area contributed by atoms with Gasteiger partial charge in [0.15, 0.2) is 0 Å². The molecule has 1 aliphatic carbocycles. The third-order valence-corrected chi connectivity index (χ3v) is 7.00. The number of aromatic nitrogens is 2. The van der Waals surface area contributed by atoms with E-state index in [2.05, 4.69) is 30.8 Å². The van der Waals surface area contributed by atoms with E-state index in [1.165, 1.54) is 0 Å². The number of benzene rings is 1. The molecule has 7 nitrogen and oxygen atoms in total. The predicted octanol–water partition coefficient (Wildman–Crippen LogP) is 4.49. The molecule has 1 aromatic carbocycles. The SMILES string of the molecule is Cl.Cl.Cl.O=C(NC1CC1)c1cccc2sc(-c3nc(NCCN4CCNCC4)ncc3Cl)cc12. The molecule has 0 radical (unpaired) electrons. The van der Waals surface area contributed by atoms with Crippen molar-refractivity contribution in [1.29, 1.82) is 0 Å². The summed E-state index contributed by atoms with van der Waals surface area (Å²) in [4.78, 5) is 25.0. The first-order valence-electron chi connectivity index (χ1n) is 10.7. The number of carbonyl (C=O) groups is 1. The van der Waals surface area contributed by atoms with Crippen LogP contribution >= 0.6 is 60.2 Å². The van der Waals surface area contributed by atoms with Crippen molar-refractivity contribution in [3.05, 3.63) is 41.0 Å². The average Bonchev–Trinajstić information content (AvgIpc) is 3.49. The van der Waals surface area contributed by atoms with E-state index in [-0.39, 0.29) is 43.1 Å². The number of hydrogen-bond donors (Lipinski definition) is 3. The van der Waals surface area contributed by atoms with Crippen LogP contribution < -0.4 is 16.0 Å². The second kappa shape index (κ2) is 13.1. The molecule has 12 heteroatoms. The Balaban J connectivity index is 0.00000136. The van der Waals surface area contributed by atoms with Crippen molar-refractivity contribution in [2.75, 3.05) is 44.6 Å². The summed E-state index contributed by atoms with van der Waals surface area (Å²) < 4.78 is 1.04. The zero-order chi connectivity index (χ0) is 21.2. The van der Waals surface area contributed by atoms with Crippen molar-refractivity contribution < 1.29 is 4.79 Å². The number of piperazine rings is 1. The Morgan fingerprint density at radius 1 is 1.21 bits per heavy atom. The van der Waals surface area contributed by atoms with Crippen LogP contribution in [0.4, 0.5) is 5.95 Å². The van der Waals surface area contributed by atoms with Gasteiger partial charge in [-0.2, -0.15) is 0 Å². The molecule has 1 saturated heterocycles. The number of nitrogens with zero attached hydrogens (tertiary/aromatic N) is 3. The first-order chi connectivity index (χ1) is 15.2. The maximum absolute atomic E-state index is 12.6. The molecule has 0 spiro atoms. The Morgan fingerprint density at radius 2 is 1.97 bits per heavy atom. The highest BCUT2D eigenvalue weighted by molar-refractivity contribution is 7.22. The van der Waals surface area contributed by atoms with Crippen LogP contribution in [-0.4, -0.2) is 66.1 Å². The van der Waals surface area contributed by atoms with Crippen LogP contribution in [0, 0.1) is 0 Å². The quantitative estimate of drug-likeness (QED) is 0.391. The molecule has 0 bridgehead atoms. The number of amides is 1. The number of carbonyl (C=O) groups excluding carboxylic acids is 1. The first kappa shape index (κ1) is 28.8. The predicted molar refractivity (Wildman–Crippen MR) is 148 cm³/mol. The van der Waals surface area contributed by atoms with E-state index in [1.807, 2.05) is 24.3 Å². The fourth-order valence-electron chi connectivity index (χ4n) is 3.75. The van der Waals surface area contributed by atoms with E-state index in [9.17, 15) is 4.79 Å². The molecule has 1 saturated carbocycles. The van der Waals surface area contributed by atoms with E-state index in [0.29, 0.717) is 28.3 Å². The Bertz CT molecular complexity index is 1100. The summed E-state index contributed by atoms with van der Waals surface area (Å²) in [7, 11) is 0. The number of hydrogen-bond acceptors (Lipinski definition) is 7. The van der Waals surface area contributed by atoms with Gasteiger partial charge in [0.05, 0.1) is 16.1 Å². The molecule has 3 aromatic rings. The van der Waals surface area contributed by atoms with E-state index in [4.69, 9.17) is 11.6 Å². The minimum atomic E-state index is -0.0125. The monoisotopic (exact) mass is 564 g/mol. The smallest absolute Gasteiger partial charge is 0.252 e. The van der Waals surface area contributed by atoms with E-state index < -0.39 is 0 Å². The van der Waals surface area contributed by atoms with Crippen molar-refractivity contribution in [3.63, 3.8) is 0 Å². The summed E-state index contributed by atoms with van der Waals surface area (Å²) in [6, 6.07) is 8.17. The van der Waals surface area contributed by atoms with Gasteiger partial charge in [-0.3, -0.25) is 9.69 Å². The van der Waals surface area contributed by atoms with E-state index >= 15 is 0 Å². The third-order valence-electron chi connectivity index (χ3n) is 5.62. The summed E-state index contributed by atoms with van der Waals surface area (Å²) in [5.74, 6) is 0.556. The van der Waals surface area contributed by atoms with Crippen LogP contribution in [0.2, 0.25) is 5.02 Å². The molecule has 2 fully saturated rings. The maximum atomic E-state index is 12.6. The lowest BCUT2D eigenvalue weighted by atomic mass is 10.1. The van der Waals surface area contributed by atoms with E-state index in [1.54, 1.807) is 17.5 Å². The number of nitrogens with one attached hydrogen (secondary N) is 3. The van der Waals surface area contributed by atoms with Gasteiger partial charge in [0.25, 0.3) is 5.91 Å². The van der Waals surface area contributed by atoms with Crippen molar-refractivity contribution in [3.8, 4) is 10.6 Å². The van der Waals surface area contributed by atoms with Gasteiger partial charge in [-0.05, 0) is 31.0 Å². The Labute approximate surface area is 226 Å². The largest absolute Gasteiger partial charge is 0.353 e. The van der Waals surface area contributed by atoms with Crippen LogP contribution in [0.3, 0.4) is 0 Å². The van der Waals surface area contributed by atoms with Crippen LogP contribution in [0.15, 0.2) is 30.5 Å². The van der Waals surface area contributed by atoms with Gasteiger partial charge in [0, 0.05) is 61.0 Å². The summed E-state index contributed by atoms with van der Waals surface area (Å²) in [6.07, 6.45) is 3.78. The molecule has 2 aromatic heterocycles. The molecular weight excluding hydrogens is 538 g/mol. The maximum Gasteiger partial charge on any atom is 0.252 e. The number of halogens is 4. The summed E-state index contributed by atoms with van der Waals surface area (Å²) in [5, 5.41) is 11.2. The van der Waals surface area contributed by atoms with Crippen LogP contribution in [0.5, 0.6) is 0 Å². The Morgan fingerprint density at radius 3 is 2.71 bits per heavy atom. The molecule has 186 valence electrons. The number of fused-ring (bicyclic) bond motifs is 1. The lowest BCUT2D eigenvalue weighted by Gasteiger charge is -2.27. The molecule has 3 N–H and O–H groups in total. The Hall–Kier alpha value is -1.39. The molecule has 5 rings (SSSR count). The topological polar surface area (TPSA) is 82.2 Å². The molecule has 3 heterocycles. The standard InChI is InChI=1S/C22H25ClN6OS.3ClH/c23-17-13-26-22(25-8-11-29-9-6-24-7-10-29)28-20(17)19-12-16-15(2-1-3-18(16)31-19)21(30)27-14-4-5-14;;;/h1-3,12-14,24H,4-11H2,(H,27,30)(H,25,26,28);3*1H. The highest BCUT2D eigenvalue weighted by atomic mass is 35.5. The molecule has 1 amide bonds. The number of rotatable bonds is 7. The minimum absolute atomic E-state index is 0. The average molecular weight is 566 g/mol. The van der Waals surface area contributed by atoms with Gasteiger partial charge < -0.3 is 16.0 Å². The van der Waals surface area contributed by atoms with Crippen LogP contribution in [0.25, 0.3) is 20.7 Å². The lowest BCUT2D eigenvalue weighted by Crippen LogP contribution is -2.45. The zero-order valence-corrected chi connectivity index (χ0v) is 22.4. The summed E-state index contributed by atoms with van der Waals surface area (Å²) in [5.41, 5.74) is 1.39. The Kier molecular flexibility index (Phi) is 11.1. The van der Waals surface area contributed by atoms with Crippen molar-refractivity contribution in [2.24, 2.45) is 0 Å². The van der Waals surface area contributed by atoms with E-state index in [0.717, 1.165) is 67.1 Å². The lowest BCUT2D eigenvalue weighted by molar-refractivity contribution is 0.0953. The summed E-state index contributed by atoms with van der Waals surface area (Å²) >= 11 is 8.04. The second-order valence-corrected chi connectivity index (χ2v) is 9.48. The number of anilines is 1. The van der Waals surface area contributed by atoms with Crippen molar-refractivity contribution >= 4 is 82.1 Å². The number of thiophene rings is 1. The first-order valence-corrected chi connectivity index (χ1v) is 11.9. The van der Waals surface area contributed by atoms with Gasteiger partial charge in [-0.1, -0.05) is 17.7 Å². The summed E-state index contributed by atoms with van der Waals surface area (Å²) in [6.45, 7) is 5.92. The van der Waals surface area contributed by atoms with Crippen molar-refractivity contribution in [2.45, 2.75) is 18.9 Å². The normalized spacial score (nSPS) is 15.6. The molecular formula is C22H28Cl4N6OS. The highest BCUT2D eigenvalue weighted by Gasteiger charge is 2.25. The van der Waals surface area contributed by atoms with Crippen molar-refractivity contribution in [1.82, 2.24) is 25.5 Å². The second-order valence-electron chi connectivity index (χ2n) is 7.98. The van der Waals surface area contributed by atoms with Gasteiger partial charge in [-0.15, -0.1) is 48.6 Å². The minimum Gasteiger partial charge on any atom is -0.353 e. The molecule has 0 atom stereocenters. The van der Waals surface area contributed by atoms with Crippen LogP contribution in [-0.2, 0) is 0 Å². The fraction of sp³-hybridized carbons (Fsp3) is 0.409. The van der Waals surface area contributed by atoms with Crippen LogP contribution in [0.1, 0.15) is 23.2 Å². The van der Waals surface area contributed by atoms with Gasteiger partial charge in [-0.25, -0.2) is 9.97 Å². The highest BCUT2D eigenvalue weighted by Crippen LogP contribution is 2.37. The third kappa shape index (κ3) is 6.85.